The minimum absolute atomic E-state index is 0.0862. The molecule has 3 heterocycles. The summed E-state index contributed by atoms with van der Waals surface area (Å²) in [6.45, 7) is -0.195. The Morgan fingerprint density at radius 1 is 1.17 bits per heavy atom. The number of aliphatic hydroxyl groups excluding tert-OH is 2. The molecule has 5 rings (SSSR count). The summed E-state index contributed by atoms with van der Waals surface area (Å²) in [5.74, 6) is 0.743. The van der Waals surface area contributed by atoms with Gasteiger partial charge in [0.15, 0.2) is 9.84 Å². The van der Waals surface area contributed by atoms with Gasteiger partial charge in [0.1, 0.15) is 5.82 Å². The number of nitrogens with one attached hydrogen (secondary N) is 3. The van der Waals surface area contributed by atoms with Crippen LogP contribution in [0.3, 0.4) is 0 Å². The summed E-state index contributed by atoms with van der Waals surface area (Å²) >= 11 is 0. The number of hydrogen-bond donors (Lipinski definition) is 5. The number of hydrogen-bond acceptors (Lipinski definition) is 11. The fraction of sp³-hybridized carbons (Fsp3) is 0.227. The van der Waals surface area contributed by atoms with Crippen LogP contribution in [-0.2, 0) is 9.84 Å². The standard InChI is InChI=1S/C22H22N8O4S/c31-12-17(13-4-2-1-3-5-13)25-20-16(21-27-29-30-28-21)11-23-22(26-20)24-14-6-7-19-15(10-14)18(32)8-9-35(19,33)34/h1-7,10-11,17-18,31-32H,8-9,12H2,(H2,23,24,25,26)(H,27,28,29,30)/t17-,18?/m1/s1. The molecule has 5 N–H and O–H groups in total. The van der Waals surface area contributed by atoms with Crippen molar-refractivity contribution in [2.45, 2.75) is 23.5 Å². The second-order valence-corrected chi connectivity index (χ2v) is 10.1. The highest BCUT2D eigenvalue weighted by Gasteiger charge is 2.29. The van der Waals surface area contributed by atoms with Crippen LogP contribution in [0.4, 0.5) is 17.5 Å². The van der Waals surface area contributed by atoms with Crippen molar-refractivity contribution in [1.82, 2.24) is 30.6 Å². The summed E-state index contributed by atoms with van der Waals surface area (Å²) in [4.78, 5) is 9.01. The molecular weight excluding hydrogens is 472 g/mol. The average molecular weight is 495 g/mol. The first-order chi connectivity index (χ1) is 16.9. The van der Waals surface area contributed by atoms with Crippen molar-refractivity contribution >= 4 is 27.3 Å². The van der Waals surface area contributed by atoms with Gasteiger partial charge in [-0.2, -0.15) is 10.2 Å². The smallest absolute Gasteiger partial charge is 0.229 e. The molecule has 1 aliphatic rings. The van der Waals surface area contributed by atoms with E-state index in [1.165, 1.54) is 12.3 Å². The number of fused-ring (bicyclic) bond motifs is 1. The number of aromatic amines is 1. The summed E-state index contributed by atoms with van der Waals surface area (Å²) in [5.41, 5.74) is 2.17. The molecule has 0 spiro atoms. The molecule has 0 amide bonds. The molecule has 2 aromatic carbocycles. The van der Waals surface area contributed by atoms with Crippen LogP contribution in [-0.4, -0.2) is 61.6 Å². The molecule has 0 radical (unpaired) electrons. The minimum atomic E-state index is -3.42. The third kappa shape index (κ3) is 4.69. The van der Waals surface area contributed by atoms with Gasteiger partial charge in [0.25, 0.3) is 0 Å². The molecule has 12 nitrogen and oxygen atoms in total. The molecule has 2 atom stereocenters. The zero-order chi connectivity index (χ0) is 24.4. The normalized spacial score (nSPS) is 17.4. The van der Waals surface area contributed by atoms with Crippen molar-refractivity contribution in [2.75, 3.05) is 23.0 Å². The number of nitrogens with zero attached hydrogens (tertiary/aromatic N) is 5. The van der Waals surface area contributed by atoms with E-state index in [1.807, 2.05) is 30.3 Å². The van der Waals surface area contributed by atoms with Gasteiger partial charge in [0.05, 0.1) is 35.0 Å². The molecule has 0 saturated carbocycles. The second-order valence-electron chi connectivity index (χ2n) is 7.98. The van der Waals surface area contributed by atoms with E-state index in [0.29, 0.717) is 22.6 Å². The molecule has 0 fully saturated rings. The van der Waals surface area contributed by atoms with E-state index in [-0.39, 0.29) is 35.4 Å². The number of aromatic nitrogens is 6. The van der Waals surface area contributed by atoms with Gasteiger partial charge in [0.2, 0.25) is 11.8 Å². The Morgan fingerprint density at radius 3 is 2.74 bits per heavy atom. The van der Waals surface area contributed by atoms with Gasteiger partial charge in [-0.15, -0.1) is 10.2 Å². The molecule has 2 aromatic heterocycles. The minimum Gasteiger partial charge on any atom is -0.394 e. The summed E-state index contributed by atoms with van der Waals surface area (Å²) in [6.07, 6.45) is 0.787. The second kappa shape index (κ2) is 9.37. The van der Waals surface area contributed by atoms with Crippen molar-refractivity contribution in [3.8, 4) is 11.4 Å². The molecule has 13 heteroatoms. The summed E-state index contributed by atoms with van der Waals surface area (Å²) in [7, 11) is -3.42. The summed E-state index contributed by atoms with van der Waals surface area (Å²) < 4.78 is 24.7. The van der Waals surface area contributed by atoms with E-state index in [2.05, 4.69) is 41.2 Å². The largest absolute Gasteiger partial charge is 0.394 e. The lowest BCUT2D eigenvalue weighted by Gasteiger charge is -2.22. The molecule has 4 aromatic rings. The molecule has 1 aliphatic heterocycles. The fourth-order valence-electron chi connectivity index (χ4n) is 3.91. The third-order valence-electron chi connectivity index (χ3n) is 5.69. The molecule has 0 aliphatic carbocycles. The van der Waals surface area contributed by atoms with Crippen LogP contribution in [0.25, 0.3) is 11.4 Å². The number of aliphatic hydroxyl groups is 2. The number of benzene rings is 2. The van der Waals surface area contributed by atoms with Gasteiger partial charge >= 0.3 is 0 Å². The van der Waals surface area contributed by atoms with E-state index in [0.717, 1.165) is 5.56 Å². The van der Waals surface area contributed by atoms with E-state index in [4.69, 9.17) is 0 Å². The van der Waals surface area contributed by atoms with Crippen LogP contribution in [0.1, 0.15) is 29.7 Å². The van der Waals surface area contributed by atoms with Gasteiger partial charge < -0.3 is 20.8 Å². The molecule has 35 heavy (non-hydrogen) atoms. The van der Waals surface area contributed by atoms with Crippen LogP contribution in [0.5, 0.6) is 0 Å². The zero-order valence-corrected chi connectivity index (χ0v) is 19.1. The van der Waals surface area contributed by atoms with Gasteiger partial charge in [0, 0.05) is 17.4 Å². The lowest BCUT2D eigenvalue weighted by molar-refractivity contribution is 0.168. The maximum atomic E-state index is 12.3. The Hall–Kier alpha value is -3.94. The number of sulfone groups is 1. The summed E-state index contributed by atoms with van der Waals surface area (Å²) in [6, 6.07) is 13.6. The predicted octanol–water partition coefficient (Wildman–Crippen LogP) is 1.76. The molecule has 1 unspecified atom stereocenters. The van der Waals surface area contributed by atoms with E-state index in [9.17, 15) is 18.6 Å². The summed E-state index contributed by atoms with van der Waals surface area (Å²) in [5, 5.41) is 40.6. The van der Waals surface area contributed by atoms with Crippen molar-refractivity contribution in [3.63, 3.8) is 0 Å². The SMILES string of the molecule is O=S1(=O)CCC(O)c2cc(Nc3ncc(-c4nn[nH]n4)c(N[C@H](CO)c4ccccc4)n3)ccc21. The number of H-pyrrole nitrogens is 1. The lowest BCUT2D eigenvalue weighted by atomic mass is 10.1. The van der Waals surface area contributed by atoms with Gasteiger partial charge in [-0.1, -0.05) is 30.3 Å². The third-order valence-corrected chi connectivity index (χ3v) is 7.51. The van der Waals surface area contributed by atoms with Gasteiger partial charge in [-0.25, -0.2) is 13.4 Å². The first-order valence-corrected chi connectivity index (χ1v) is 12.4. The molecular formula is C22H22N8O4S. The molecule has 0 bridgehead atoms. The first kappa shape index (κ1) is 22.8. The number of rotatable bonds is 7. The van der Waals surface area contributed by atoms with Gasteiger partial charge in [-0.3, -0.25) is 0 Å². The monoisotopic (exact) mass is 494 g/mol. The van der Waals surface area contributed by atoms with Crippen LogP contribution in [0.2, 0.25) is 0 Å². The number of tetrazole rings is 1. The average Bonchev–Trinajstić information content (AvgIpc) is 3.40. The molecule has 180 valence electrons. The Morgan fingerprint density at radius 2 is 2.00 bits per heavy atom. The topological polar surface area (TPSA) is 179 Å². The Labute approximate surface area is 200 Å². The van der Waals surface area contributed by atoms with Crippen LogP contribution in [0, 0.1) is 0 Å². The highest BCUT2D eigenvalue weighted by Crippen LogP contribution is 2.35. The van der Waals surface area contributed by atoms with Crippen LogP contribution >= 0.6 is 0 Å². The van der Waals surface area contributed by atoms with Crippen molar-refractivity contribution in [3.05, 3.63) is 65.9 Å². The Bertz CT molecular complexity index is 1430. The molecule has 0 saturated heterocycles. The fourth-order valence-corrected chi connectivity index (χ4v) is 5.49. The zero-order valence-electron chi connectivity index (χ0n) is 18.3. The van der Waals surface area contributed by atoms with E-state index >= 15 is 0 Å². The maximum absolute atomic E-state index is 12.3. The van der Waals surface area contributed by atoms with Crippen molar-refractivity contribution in [2.24, 2.45) is 0 Å². The lowest BCUT2D eigenvalue weighted by Crippen LogP contribution is -2.20. The van der Waals surface area contributed by atoms with E-state index in [1.54, 1.807) is 12.1 Å². The first-order valence-electron chi connectivity index (χ1n) is 10.8. The quantitative estimate of drug-likeness (QED) is 0.253. The highest BCUT2D eigenvalue weighted by molar-refractivity contribution is 7.91. The van der Waals surface area contributed by atoms with Crippen molar-refractivity contribution in [1.29, 1.82) is 0 Å². The van der Waals surface area contributed by atoms with Crippen LogP contribution in [0.15, 0.2) is 59.6 Å². The van der Waals surface area contributed by atoms with Crippen molar-refractivity contribution < 1.29 is 18.6 Å². The highest BCUT2D eigenvalue weighted by atomic mass is 32.2. The predicted molar refractivity (Wildman–Crippen MR) is 126 cm³/mol. The Kier molecular flexibility index (Phi) is 6.11. The Balaban J connectivity index is 1.49. The number of anilines is 3. The van der Waals surface area contributed by atoms with Gasteiger partial charge in [-0.05, 0) is 35.4 Å². The van der Waals surface area contributed by atoms with Crippen LogP contribution < -0.4 is 10.6 Å². The van der Waals surface area contributed by atoms with E-state index < -0.39 is 22.0 Å². The maximum Gasteiger partial charge on any atom is 0.229 e.